The fourth-order valence-electron chi connectivity index (χ4n) is 3.09. The van der Waals surface area contributed by atoms with Gasteiger partial charge in [0.2, 0.25) is 0 Å². The molecule has 0 unspecified atom stereocenters. The summed E-state index contributed by atoms with van der Waals surface area (Å²) >= 11 is 6.18. The summed E-state index contributed by atoms with van der Waals surface area (Å²) in [5.41, 5.74) is -1.37. The fourth-order valence-corrected chi connectivity index (χ4v) is 3.29. The zero-order chi connectivity index (χ0) is 16.3. The first-order chi connectivity index (χ1) is 11.1. The molecule has 0 aromatic carbocycles. The van der Waals surface area contributed by atoms with Gasteiger partial charge in [0.25, 0.3) is 5.56 Å². The molecule has 0 radical (unpaired) electrons. The molecular weight excluding hydrogens is 323 g/mol. The molecule has 0 spiro atoms. The molecule has 2 aliphatic rings. The second-order valence-electron chi connectivity index (χ2n) is 6.26. The number of ether oxygens (including phenoxy) is 1. The standard InChI is InChI=1S/C15H22ClFN4O2/c16-13-12(19-9-15(17)4-1-7-23-10-15)8-20-21(14(13)22)11-2-5-18-6-3-11/h8,11,18-19H,1-7,9-10H2/t15-/m0/s1. The molecule has 2 aliphatic heterocycles. The molecule has 2 saturated heterocycles. The second kappa shape index (κ2) is 7.15. The van der Waals surface area contributed by atoms with Crippen LogP contribution in [-0.2, 0) is 4.74 Å². The summed E-state index contributed by atoms with van der Waals surface area (Å²) in [6.07, 6.45) is 4.35. The Labute approximate surface area is 139 Å². The molecule has 0 saturated carbocycles. The van der Waals surface area contributed by atoms with Crippen molar-refractivity contribution in [3.8, 4) is 0 Å². The number of rotatable bonds is 4. The van der Waals surface area contributed by atoms with Gasteiger partial charge in [-0.05, 0) is 38.8 Å². The Morgan fingerprint density at radius 3 is 3.00 bits per heavy atom. The average molecular weight is 345 g/mol. The summed E-state index contributed by atoms with van der Waals surface area (Å²) in [5.74, 6) is 0. The predicted octanol–water partition coefficient (Wildman–Crippen LogP) is 1.75. The third-order valence-corrected chi connectivity index (χ3v) is 4.83. The van der Waals surface area contributed by atoms with Gasteiger partial charge < -0.3 is 15.4 Å². The lowest BCUT2D eigenvalue weighted by molar-refractivity contribution is -0.0234. The molecule has 2 N–H and O–H groups in total. The Morgan fingerprint density at radius 1 is 1.52 bits per heavy atom. The van der Waals surface area contributed by atoms with E-state index in [9.17, 15) is 9.18 Å². The number of hydrogen-bond acceptors (Lipinski definition) is 5. The quantitative estimate of drug-likeness (QED) is 0.871. The molecule has 3 heterocycles. The molecular formula is C15H22ClFN4O2. The normalized spacial score (nSPS) is 26.2. The lowest BCUT2D eigenvalue weighted by Crippen LogP contribution is -2.41. The van der Waals surface area contributed by atoms with Crippen molar-refractivity contribution in [1.82, 2.24) is 15.1 Å². The van der Waals surface area contributed by atoms with E-state index in [1.807, 2.05) is 0 Å². The molecule has 8 heteroatoms. The van der Waals surface area contributed by atoms with Crippen LogP contribution in [0.15, 0.2) is 11.0 Å². The van der Waals surface area contributed by atoms with E-state index in [1.54, 1.807) is 0 Å². The molecule has 0 bridgehead atoms. The smallest absolute Gasteiger partial charge is 0.287 e. The summed E-state index contributed by atoms with van der Waals surface area (Å²) in [6, 6.07) is 0.0644. The first-order valence-electron chi connectivity index (χ1n) is 8.08. The molecule has 1 aromatic heterocycles. The molecule has 0 aliphatic carbocycles. The van der Waals surface area contributed by atoms with Gasteiger partial charge in [0, 0.05) is 6.61 Å². The maximum Gasteiger partial charge on any atom is 0.287 e. The number of anilines is 1. The van der Waals surface area contributed by atoms with Crippen LogP contribution < -0.4 is 16.2 Å². The van der Waals surface area contributed by atoms with Gasteiger partial charge in [-0.2, -0.15) is 5.10 Å². The SMILES string of the molecule is O=c1c(Cl)c(NC[C@@]2(F)CCCOC2)cnn1C1CCNCC1. The third kappa shape index (κ3) is 3.84. The number of halogens is 2. The van der Waals surface area contributed by atoms with Crippen molar-refractivity contribution in [3.05, 3.63) is 21.6 Å². The van der Waals surface area contributed by atoms with Crippen LogP contribution in [0.3, 0.4) is 0 Å². The van der Waals surface area contributed by atoms with Crippen molar-refractivity contribution in [3.63, 3.8) is 0 Å². The van der Waals surface area contributed by atoms with Crippen molar-refractivity contribution in [2.24, 2.45) is 0 Å². The van der Waals surface area contributed by atoms with Gasteiger partial charge in [-0.1, -0.05) is 11.6 Å². The van der Waals surface area contributed by atoms with Crippen LogP contribution in [0.5, 0.6) is 0 Å². The number of aromatic nitrogens is 2. The van der Waals surface area contributed by atoms with Crippen LogP contribution in [-0.4, -0.2) is 48.3 Å². The Kier molecular flexibility index (Phi) is 5.18. The van der Waals surface area contributed by atoms with E-state index in [2.05, 4.69) is 15.7 Å². The molecule has 2 fully saturated rings. The van der Waals surface area contributed by atoms with Gasteiger partial charge in [0.15, 0.2) is 5.67 Å². The zero-order valence-electron chi connectivity index (χ0n) is 13.0. The molecule has 0 amide bonds. The Hall–Kier alpha value is -1.18. The molecule has 1 aromatic rings. The summed E-state index contributed by atoms with van der Waals surface area (Å²) in [4.78, 5) is 12.4. The number of hydrogen-bond donors (Lipinski definition) is 2. The zero-order valence-corrected chi connectivity index (χ0v) is 13.7. The van der Waals surface area contributed by atoms with Crippen molar-refractivity contribution in [1.29, 1.82) is 0 Å². The minimum absolute atomic E-state index is 0.0607. The van der Waals surface area contributed by atoms with Gasteiger partial charge in [-0.15, -0.1) is 0 Å². The summed E-state index contributed by atoms with van der Waals surface area (Å²) in [5, 5.41) is 10.5. The van der Waals surface area contributed by atoms with E-state index in [0.717, 1.165) is 25.9 Å². The van der Waals surface area contributed by atoms with E-state index in [0.29, 0.717) is 25.1 Å². The number of nitrogens with one attached hydrogen (secondary N) is 2. The van der Waals surface area contributed by atoms with Gasteiger partial charge >= 0.3 is 0 Å². The first kappa shape index (κ1) is 16.7. The van der Waals surface area contributed by atoms with Gasteiger partial charge in [-0.25, -0.2) is 9.07 Å². The highest BCUT2D eigenvalue weighted by Crippen LogP contribution is 2.26. The van der Waals surface area contributed by atoms with E-state index < -0.39 is 5.67 Å². The fraction of sp³-hybridized carbons (Fsp3) is 0.733. The van der Waals surface area contributed by atoms with Crippen molar-refractivity contribution in [2.75, 3.05) is 38.2 Å². The predicted molar refractivity (Wildman–Crippen MR) is 87.0 cm³/mol. The maximum absolute atomic E-state index is 14.5. The van der Waals surface area contributed by atoms with Gasteiger partial charge in [0.1, 0.15) is 5.02 Å². The van der Waals surface area contributed by atoms with Gasteiger partial charge in [-0.3, -0.25) is 4.79 Å². The molecule has 6 nitrogen and oxygen atoms in total. The Balaban J connectivity index is 1.71. The lowest BCUT2D eigenvalue weighted by atomic mass is 9.99. The highest BCUT2D eigenvalue weighted by Gasteiger charge is 2.32. The molecule has 1 atom stereocenters. The summed E-state index contributed by atoms with van der Waals surface area (Å²) in [7, 11) is 0. The molecule has 128 valence electrons. The molecule has 23 heavy (non-hydrogen) atoms. The highest BCUT2D eigenvalue weighted by atomic mass is 35.5. The number of alkyl halides is 1. The van der Waals surface area contributed by atoms with E-state index in [4.69, 9.17) is 16.3 Å². The molecule has 3 rings (SSSR count). The minimum Gasteiger partial charge on any atom is -0.379 e. The second-order valence-corrected chi connectivity index (χ2v) is 6.64. The third-order valence-electron chi connectivity index (χ3n) is 4.47. The Bertz CT molecular complexity index is 598. The summed E-state index contributed by atoms with van der Waals surface area (Å²) in [6.45, 7) is 2.45. The van der Waals surface area contributed by atoms with E-state index in [-0.39, 0.29) is 29.8 Å². The number of nitrogens with zero attached hydrogens (tertiary/aromatic N) is 2. The monoisotopic (exact) mass is 344 g/mol. The van der Waals surface area contributed by atoms with Crippen LogP contribution in [0, 0.1) is 0 Å². The maximum atomic E-state index is 14.5. The van der Waals surface area contributed by atoms with E-state index in [1.165, 1.54) is 10.9 Å². The van der Waals surface area contributed by atoms with Crippen LogP contribution in [0.1, 0.15) is 31.7 Å². The Morgan fingerprint density at radius 2 is 2.30 bits per heavy atom. The van der Waals surface area contributed by atoms with Crippen molar-refractivity contribution < 1.29 is 9.13 Å². The van der Waals surface area contributed by atoms with Crippen molar-refractivity contribution in [2.45, 2.75) is 37.4 Å². The topological polar surface area (TPSA) is 68.2 Å². The van der Waals surface area contributed by atoms with Gasteiger partial charge in [0.05, 0.1) is 31.1 Å². The van der Waals surface area contributed by atoms with E-state index >= 15 is 0 Å². The first-order valence-corrected chi connectivity index (χ1v) is 8.45. The largest absolute Gasteiger partial charge is 0.379 e. The van der Waals surface area contributed by atoms with Crippen LogP contribution in [0.25, 0.3) is 0 Å². The van der Waals surface area contributed by atoms with Crippen LogP contribution in [0.4, 0.5) is 10.1 Å². The van der Waals surface area contributed by atoms with Crippen LogP contribution in [0.2, 0.25) is 5.02 Å². The lowest BCUT2D eigenvalue weighted by Gasteiger charge is -2.30. The van der Waals surface area contributed by atoms with Crippen LogP contribution >= 0.6 is 11.6 Å². The average Bonchev–Trinajstić information content (AvgIpc) is 2.58. The highest BCUT2D eigenvalue weighted by molar-refractivity contribution is 6.32. The minimum atomic E-state index is -1.43. The summed E-state index contributed by atoms with van der Waals surface area (Å²) < 4.78 is 21.2. The number of piperidine rings is 1. The van der Waals surface area contributed by atoms with Crippen molar-refractivity contribution >= 4 is 17.3 Å².